The smallest absolute Gasteiger partial charge is 0.243 e. The van der Waals surface area contributed by atoms with E-state index in [9.17, 15) is 13.2 Å². The molecule has 4 rings (SSSR count). The SMILES string of the molecule is CCCc1noc(C2CCN(S(=O)(=O)c3cc(C)c4c(c3)C(C)(C)C(=O)N4)CC2)n1. The van der Waals surface area contributed by atoms with Gasteiger partial charge in [0.15, 0.2) is 5.82 Å². The van der Waals surface area contributed by atoms with Crippen LogP contribution in [0.1, 0.15) is 68.8 Å². The van der Waals surface area contributed by atoms with Gasteiger partial charge in [0.2, 0.25) is 21.8 Å². The highest BCUT2D eigenvalue weighted by Gasteiger charge is 2.41. The zero-order chi connectivity index (χ0) is 21.7. The van der Waals surface area contributed by atoms with Crippen molar-refractivity contribution < 1.29 is 17.7 Å². The summed E-state index contributed by atoms with van der Waals surface area (Å²) in [5.41, 5.74) is 1.46. The number of nitrogens with zero attached hydrogens (tertiary/aromatic N) is 3. The summed E-state index contributed by atoms with van der Waals surface area (Å²) in [4.78, 5) is 17.0. The van der Waals surface area contributed by atoms with Gasteiger partial charge in [-0.15, -0.1) is 0 Å². The standard InChI is InChI=1S/C21H28N4O4S/c1-5-6-17-22-19(29-24-17)14-7-9-25(10-8-14)30(27,28)15-11-13(2)18-16(12-15)21(3,4)20(26)23-18/h11-12,14H,5-10H2,1-4H3,(H,23,26). The van der Waals surface area contributed by atoms with Gasteiger partial charge < -0.3 is 9.84 Å². The zero-order valence-corrected chi connectivity index (χ0v) is 18.7. The van der Waals surface area contributed by atoms with Crippen molar-refractivity contribution in [2.45, 2.75) is 69.6 Å². The predicted octanol–water partition coefficient (Wildman–Crippen LogP) is 3.13. The maximum atomic E-state index is 13.3. The van der Waals surface area contributed by atoms with E-state index in [2.05, 4.69) is 22.4 Å². The fourth-order valence-corrected chi connectivity index (χ4v) is 5.79. The van der Waals surface area contributed by atoms with Crippen LogP contribution in [0.3, 0.4) is 0 Å². The third kappa shape index (κ3) is 3.43. The third-order valence-corrected chi connectivity index (χ3v) is 8.06. The molecule has 0 spiro atoms. The van der Waals surface area contributed by atoms with Crippen molar-refractivity contribution >= 4 is 21.6 Å². The summed E-state index contributed by atoms with van der Waals surface area (Å²) < 4.78 is 33.6. The summed E-state index contributed by atoms with van der Waals surface area (Å²) in [7, 11) is -3.66. The van der Waals surface area contributed by atoms with E-state index in [0.29, 0.717) is 37.6 Å². The number of carbonyl (C=O) groups is 1. The molecule has 0 aliphatic carbocycles. The van der Waals surface area contributed by atoms with Gasteiger partial charge >= 0.3 is 0 Å². The molecule has 0 radical (unpaired) electrons. The number of piperidine rings is 1. The number of carbonyl (C=O) groups excluding carboxylic acids is 1. The highest BCUT2D eigenvalue weighted by Crippen LogP contribution is 2.41. The van der Waals surface area contributed by atoms with Gasteiger partial charge in [-0.1, -0.05) is 12.1 Å². The lowest BCUT2D eigenvalue weighted by Gasteiger charge is -2.30. The third-order valence-electron chi connectivity index (χ3n) is 6.19. The second-order valence-electron chi connectivity index (χ2n) is 8.72. The Morgan fingerprint density at radius 3 is 2.63 bits per heavy atom. The molecule has 2 aliphatic rings. The maximum Gasteiger partial charge on any atom is 0.243 e. The number of amides is 1. The summed E-state index contributed by atoms with van der Waals surface area (Å²) in [6.45, 7) is 8.31. The summed E-state index contributed by atoms with van der Waals surface area (Å²) in [6, 6.07) is 3.30. The number of fused-ring (bicyclic) bond motifs is 1. The number of rotatable bonds is 5. The van der Waals surface area contributed by atoms with Crippen LogP contribution in [0.2, 0.25) is 0 Å². The van der Waals surface area contributed by atoms with Gasteiger partial charge in [0.25, 0.3) is 0 Å². The van der Waals surface area contributed by atoms with Crippen LogP contribution in [0.25, 0.3) is 0 Å². The average Bonchev–Trinajstić information content (AvgIpc) is 3.26. The number of aryl methyl sites for hydroxylation is 2. The predicted molar refractivity (Wildman–Crippen MR) is 112 cm³/mol. The summed E-state index contributed by atoms with van der Waals surface area (Å²) in [6.07, 6.45) is 3.01. The van der Waals surface area contributed by atoms with Crippen molar-refractivity contribution in [3.05, 3.63) is 35.0 Å². The first-order chi connectivity index (χ1) is 14.1. The molecule has 0 atom stereocenters. The summed E-state index contributed by atoms with van der Waals surface area (Å²) >= 11 is 0. The molecule has 0 saturated carbocycles. The molecule has 8 nitrogen and oxygen atoms in total. The van der Waals surface area contributed by atoms with Crippen LogP contribution in [0.4, 0.5) is 5.69 Å². The molecule has 3 heterocycles. The van der Waals surface area contributed by atoms with Gasteiger partial charge in [0, 0.05) is 31.1 Å². The van der Waals surface area contributed by atoms with E-state index >= 15 is 0 Å². The van der Waals surface area contributed by atoms with Gasteiger partial charge in [-0.25, -0.2) is 8.42 Å². The van der Waals surface area contributed by atoms with Crippen LogP contribution in [0, 0.1) is 6.92 Å². The van der Waals surface area contributed by atoms with Crippen LogP contribution in [0.5, 0.6) is 0 Å². The first kappa shape index (κ1) is 21.0. The average molecular weight is 433 g/mol. The van der Waals surface area contributed by atoms with E-state index in [0.717, 1.165) is 29.7 Å². The normalized spacial score (nSPS) is 19.7. The highest BCUT2D eigenvalue weighted by atomic mass is 32.2. The van der Waals surface area contributed by atoms with Gasteiger partial charge in [-0.3, -0.25) is 4.79 Å². The van der Waals surface area contributed by atoms with E-state index in [-0.39, 0.29) is 16.7 Å². The second-order valence-corrected chi connectivity index (χ2v) is 10.7. The van der Waals surface area contributed by atoms with Gasteiger partial charge in [0.1, 0.15) is 0 Å². The Hall–Kier alpha value is -2.26. The lowest BCUT2D eigenvalue weighted by atomic mass is 9.85. The maximum absolute atomic E-state index is 13.3. The van der Waals surface area contributed by atoms with Gasteiger partial charge in [0.05, 0.1) is 10.3 Å². The minimum absolute atomic E-state index is 0.0806. The van der Waals surface area contributed by atoms with Crippen LogP contribution in [0.15, 0.2) is 21.6 Å². The van der Waals surface area contributed by atoms with Gasteiger partial charge in [-0.2, -0.15) is 9.29 Å². The quantitative estimate of drug-likeness (QED) is 0.778. The summed E-state index contributed by atoms with van der Waals surface area (Å²) in [5.74, 6) is 1.28. The Balaban J connectivity index is 1.54. The molecule has 2 aliphatic heterocycles. The molecule has 1 saturated heterocycles. The van der Waals surface area contributed by atoms with Crippen molar-refractivity contribution in [1.82, 2.24) is 14.4 Å². The molecule has 0 bridgehead atoms. The molecule has 0 unspecified atom stereocenters. The van der Waals surface area contributed by atoms with Crippen molar-refractivity contribution in [2.75, 3.05) is 18.4 Å². The number of anilines is 1. The number of nitrogens with one attached hydrogen (secondary N) is 1. The van der Waals surface area contributed by atoms with Gasteiger partial charge in [-0.05, 0) is 63.3 Å². The molecule has 162 valence electrons. The number of hydrogen-bond acceptors (Lipinski definition) is 6. The minimum atomic E-state index is -3.66. The van der Waals surface area contributed by atoms with E-state index < -0.39 is 15.4 Å². The van der Waals surface area contributed by atoms with Crippen molar-refractivity contribution in [2.24, 2.45) is 0 Å². The topological polar surface area (TPSA) is 105 Å². The molecule has 2 aromatic rings. The number of aromatic nitrogens is 2. The molecule has 9 heteroatoms. The molecular formula is C21H28N4O4S. The molecular weight excluding hydrogens is 404 g/mol. The monoisotopic (exact) mass is 432 g/mol. The zero-order valence-electron chi connectivity index (χ0n) is 17.9. The fraction of sp³-hybridized carbons (Fsp3) is 0.571. The lowest BCUT2D eigenvalue weighted by Crippen LogP contribution is -2.38. The number of benzene rings is 1. The summed E-state index contributed by atoms with van der Waals surface area (Å²) in [5, 5.41) is 6.89. The van der Waals surface area contributed by atoms with E-state index in [1.54, 1.807) is 12.1 Å². The Kier molecular flexibility index (Phi) is 5.22. The Morgan fingerprint density at radius 1 is 1.27 bits per heavy atom. The fourth-order valence-electron chi connectivity index (χ4n) is 4.20. The minimum Gasteiger partial charge on any atom is -0.339 e. The van der Waals surface area contributed by atoms with Crippen LogP contribution < -0.4 is 5.32 Å². The Morgan fingerprint density at radius 2 is 1.97 bits per heavy atom. The molecule has 1 aromatic carbocycles. The van der Waals surface area contributed by atoms with E-state index in [4.69, 9.17) is 4.52 Å². The number of hydrogen-bond donors (Lipinski definition) is 1. The van der Waals surface area contributed by atoms with Crippen molar-refractivity contribution in [3.63, 3.8) is 0 Å². The first-order valence-electron chi connectivity index (χ1n) is 10.4. The van der Waals surface area contributed by atoms with Crippen LogP contribution in [-0.2, 0) is 26.7 Å². The van der Waals surface area contributed by atoms with Crippen LogP contribution >= 0.6 is 0 Å². The highest BCUT2D eigenvalue weighted by molar-refractivity contribution is 7.89. The molecule has 1 N–H and O–H groups in total. The first-order valence-corrected chi connectivity index (χ1v) is 11.9. The van der Waals surface area contributed by atoms with Crippen molar-refractivity contribution in [1.29, 1.82) is 0 Å². The largest absolute Gasteiger partial charge is 0.339 e. The molecule has 1 amide bonds. The Bertz CT molecular complexity index is 1080. The lowest BCUT2D eigenvalue weighted by molar-refractivity contribution is -0.119. The second kappa shape index (κ2) is 7.46. The van der Waals surface area contributed by atoms with E-state index in [1.165, 1.54) is 4.31 Å². The van der Waals surface area contributed by atoms with Crippen LogP contribution in [-0.4, -0.2) is 41.9 Å². The molecule has 1 aromatic heterocycles. The van der Waals surface area contributed by atoms with Crippen molar-refractivity contribution in [3.8, 4) is 0 Å². The van der Waals surface area contributed by atoms with E-state index in [1.807, 2.05) is 20.8 Å². The molecule has 30 heavy (non-hydrogen) atoms. The number of sulfonamides is 1. The molecule has 1 fully saturated rings. The Labute approximate surface area is 177 Å².